The molecule has 0 saturated heterocycles. The number of para-hydroxylation sites is 4. The zero-order valence-electron chi connectivity index (χ0n) is 34.6. The Kier molecular flexibility index (Phi) is 8.15. The number of benzene rings is 10. The van der Waals surface area contributed by atoms with Crippen LogP contribution in [-0.4, -0.2) is 24.1 Å². The first-order valence-electron chi connectivity index (χ1n) is 21.7. The summed E-state index contributed by atoms with van der Waals surface area (Å²) in [5.41, 5.74) is 11.4. The van der Waals surface area contributed by atoms with Crippen LogP contribution in [0.15, 0.2) is 224 Å². The summed E-state index contributed by atoms with van der Waals surface area (Å²) in [7, 11) is 0. The molecule has 3 heterocycles. The highest BCUT2D eigenvalue weighted by atomic mass is 15.1. The van der Waals surface area contributed by atoms with Crippen molar-refractivity contribution in [1.29, 1.82) is 0 Å². The van der Waals surface area contributed by atoms with Gasteiger partial charge in [-0.25, -0.2) is 15.0 Å². The number of hydrogen-bond acceptors (Lipinski definition) is 3. The number of aromatic nitrogens is 5. The minimum atomic E-state index is 0.593. The van der Waals surface area contributed by atoms with Gasteiger partial charge in [0.25, 0.3) is 0 Å². The Bertz CT molecular complexity index is 3790. The molecule has 298 valence electrons. The van der Waals surface area contributed by atoms with Crippen molar-refractivity contribution in [2.45, 2.75) is 0 Å². The zero-order valence-corrected chi connectivity index (χ0v) is 34.6. The van der Waals surface area contributed by atoms with Gasteiger partial charge in [-0.3, -0.25) is 0 Å². The summed E-state index contributed by atoms with van der Waals surface area (Å²) in [6, 6.07) is 80.0. The Morgan fingerprint density at radius 2 is 0.688 bits per heavy atom. The molecule has 0 radical (unpaired) electrons. The lowest BCUT2D eigenvalue weighted by molar-refractivity contribution is 1.07. The van der Waals surface area contributed by atoms with Crippen LogP contribution in [0.5, 0.6) is 0 Å². The SMILES string of the molecule is c1ccc(-c2nc(-c3ccccc3)nc(-c3ccc(-n4c5ccccc5c5ccccc54)c(-n4c5ccccc5c5ccccc54)c3-c3cc4ccccc4c4ccccc34)n2)cc1. The predicted octanol–water partition coefficient (Wildman–Crippen LogP) is 15.0. The fourth-order valence-electron chi connectivity index (χ4n) is 9.98. The average molecular weight is 816 g/mol. The lowest BCUT2D eigenvalue weighted by Gasteiger charge is -2.24. The van der Waals surface area contributed by atoms with Gasteiger partial charge in [0, 0.05) is 43.8 Å². The van der Waals surface area contributed by atoms with Crippen molar-refractivity contribution in [3.8, 4) is 56.7 Å². The molecule has 0 N–H and O–H groups in total. The van der Waals surface area contributed by atoms with E-state index >= 15 is 0 Å². The summed E-state index contributed by atoms with van der Waals surface area (Å²) in [4.78, 5) is 16.0. The summed E-state index contributed by atoms with van der Waals surface area (Å²) in [5.74, 6) is 1.82. The molecule has 0 saturated carbocycles. The molecule has 0 aliphatic heterocycles. The van der Waals surface area contributed by atoms with Crippen LogP contribution in [0.2, 0.25) is 0 Å². The standard InChI is InChI=1S/C59H37N5/c1-3-19-38(20-4-1)57-60-58(39-21-5-2-6-22-39)62-59(61-57)48-35-36-54(63-50-31-15-11-27-44(50)45-28-12-16-32-51(45)63)56(64-52-33-17-13-29-46(52)47-30-14-18-34-53(47)64)55(48)49-37-40-23-7-8-24-41(40)42-25-9-10-26-43(42)49/h1-37H. The van der Waals surface area contributed by atoms with Crippen molar-refractivity contribution in [3.05, 3.63) is 224 Å². The first-order valence-corrected chi connectivity index (χ1v) is 21.7. The molecule has 5 heteroatoms. The van der Waals surface area contributed by atoms with Crippen LogP contribution in [0.25, 0.3) is 122 Å². The highest BCUT2D eigenvalue weighted by molar-refractivity contribution is 6.18. The molecular weight excluding hydrogens is 779 g/mol. The number of fused-ring (bicyclic) bond motifs is 9. The molecule has 64 heavy (non-hydrogen) atoms. The van der Waals surface area contributed by atoms with Crippen molar-refractivity contribution in [3.63, 3.8) is 0 Å². The number of hydrogen-bond donors (Lipinski definition) is 0. The Morgan fingerprint density at radius 3 is 1.22 bits per heavy atom. The Balaban J connectivity index is 1.28. The molecule has 10 aromatic carbocycles. The maximum atomic E-state index is 5.43. The fraction of sp³-hybridized carbons (Fsp3) is 0. The van der Waals surface area contributed by atoms with E-state index in [9.17, 15) is 0 Å². The lowest BCUT2D eigenvalue weighted by Crippen LogP contribution is -2.08. The van der Waals surface area contributed by atoms with Gasteiger partial charge in [-0.1, -0.05) is 182 Å². The monoisotopic (exact) mass is 815 g/mol. The zero-order chi connectivity index (χ0) is 42.1. The van der Waals surface area contributed by atoms with Crippen molar-refractivity contribution in [2.24, 2.45) is 0 Å². The maximum absolute atomic E-state index is 5.43. The average Bonchev–Trinajstić information content (AvgIpc) is 3.89. The quantitative estimate of drug-likeness (QED) is 0.157. The van der Waals surface area contributed by atoms with Gasteiger partial charge in [0.05, 0.1) is 33.4 Å². The highest BCUT2D eigenvalue weighted by Gasteiger charge is 2.28. The van der Waals surface area contributed by atoms with Crippen LogP contribution >= 0.6 is 0 Å². The van der Waals surface area contributed by atoms with Crippen LogP contribution in [0.4, 0.5) is 0 Å². The minimum Gasteiger partial charge on any atom is -0.307 e. The Hall–Kier alpha value is -8.67. The van der Waals surface area contributed by atoms with Gasteiger partial charge < -0.3 is 9.13 Å². The van der Waals surface area contributed by atoms with E-state index in [1.807, 2.05) is 36.4 Å². The third-order valence-electron chi connectivity index (χ3n) is 12.8. The fourth-order valence-corrected chi connectivity index (χ4v) is 9.98. The number of nitrogens with zero attached hydrogens (tertiary/aromatic N) is 5. The van der Waals surface area contributed by atoms with E-state index in [0.717, 1.165) is 72.0 Å². The molecule has 0 bridgehead atoms. The van der Waals surface area contributed by atoms with Crippen LogP contribution < -0.4 is 0 Å². The smallest absolute Gasteiger partial charge is 0.164 e. The molecule has 0 aliphatic rings. The largest absolute Gasteiger partial charge is 0.307 e. The van der Waals surface area contributed by atoms with E-state index < -0.39 is 0 Å². The van der Waals surface area contributed by atoms with Gasteiger partial charge in [-0.05, 0) is 69.6 Å². The molecule has 3 aromatic heterocycles. The summed E-state index contributed by atoms with van der Waals surface area (Å²) in [6.45, 7) is 0. The topological polar surface area (TPSA) is 48.5 Å². The predicted molar refractivity (Wildman–Crippen MR) is 265 cm³/mol. The second kappa shape index (κ2) is 14.5. The molecule has 0 spiro atoms. The summed E-state index contributed by atoms with van der Waals surface area (Å²) in [6.07, 6.45) is 0. The second-order valence-corrected chi connectivity index (χ2v) is 16.3. The van der Waals surface area contributed by atoms with Crippen molar-refractivity contribution >= 4 is 65.2 Å². The van der Waals surface area contributed by atoms with E-state index in [4.69, 9.17) is 15.0 Å². The van der Waals surface area contributed by atoms with Gasteiger partial charge in [0.15, 0.2) is 17.5 Å². The van der Waals surface area contributed by atoms with Crippen molar-refractivity contribution in [1.82, 2.24) is 24.1 Å². The molecule has 13 rings (SSSR count). The van der Waals surface area contributed by atoms with Crippen molar-refractivity contribution in [2.75, 3.05) is 0 Å². The Labute approximate surface area is 368 Å². The summed E-state index contributed by atoms with van der Waals surface area (Å²) < 4.78 is 4.95. The van der Waals surface area contributed by atoms with Gasteiger partial charge >= 0.3 is 0 Å². The third-order valence-corrected chi connectivity index (χ3v) is 12.8. The molecule has 0 amide bonds. The summed E-state index contributed by atoms with van der Waals surface area (Å²) in [5, 5.41) is 9.46. The molecule has 0 fully saturated rings. The molecule has 0 atom stereocenters. The summed E-state index contributed by atoms with van der Waals surface area (Å²) >= 11 is 0. The van der Waals surface area contributed by atoms with Crippen LogP contribution in [0.3, 0.4) is 0 Å². The van der Waals surface area contributed by atoms with E-state index in [2.05, 4.69) is 197 Å². The lowest BCUT2D eigenvalue weighted by atomic mass is 9.88. The Morgan fingerprint density at radius 1 is 0.281 bits per heavy atom. The first-order chi connectivity index (χ1) is 31.8. The molecular formula is C59H37N5. The normalized spacial score (nSPS) is 11.8. The second-order valence-electron chi connectivity index (χ2n) is 16.3. The van der Waals surface area contributed by atoms with Crippen LogP contribution in [0.1, 0.15) is 0 Å². The third kappa shape index (κ3) is 5.54. The van der Waals surface area contributed by atoms with Crippen LogP contribution in [0, 0.1) is 0 Å². The van der Waals surface area contributed by atoms with Gasteiger partial charge in [0.1, 0.15) is 0 Å². The van der Waals surface area contributed by atoms with Gasteiger partial charge in [-0.2, -0.15) is 0 Å². The first kappa shape index (κ1) is 36.0. The maximum Gasteiger partial charge on any atom is 0.164 e. The highest BCUT2D eigenvalue weighted by Crippen LogP contribution is 2.48. The molecule has 5 nitrogen and oxygen atoms in total. The number of rotatable bonds is 6. The van der Waals surface area contributed by atoms with E-state index in [1.165, 1.54) is 32.3 Å². The molecule has 0 unspecified atom stereocenters. The van der Waals surface area contributed by atoms with Gasteiger partial charge in [0.2, 0.25) is 0 Å². The van der Waals surface area contributed by atoms with Crippen LogP contribution in [-0.2, 0) is 0 Å². The van der Waals surface area contributed by atoms with Gasteiger partial charge in [-0.15, -0.1) is 0 Å². The minimum absolute atomic E-state index is 0.593. The van der Waals surface area contributed by atoms with E-state index in [1.54, 1.807) is 0 Å². The molecule has 13 aromatic rings. The van der Waals surface area contributed by atoms with E-state index in [-0.39, 0.29) is 0 Å². The van der Waals surface area contributed by atoms with E-state index in [0.29, 0.717) is 17.5 Å². The van der Waals surface area contributed by atoms with Crippen molar-refractivity contribution < 1.29 is 0 Å². The molecule has 0 aliphatic carbocycles.